The molecule has 20 heavy (non-hydrogen) atoms. The summed E-state index contributed by atoms with van der Waals surface area (Å²) < 4.78 is 0. The van der Waals surface area contributed by atoms with E-state index in [4.69, 9.17) is 5.11 Å². The number of carbonyl (C=O) groups excluding carboxylic acids is 1. The highest BCUT2D eigenvalue weighted by molar-refractivity contribution is 5.93. The summed E-state index contributed by atoms with van der Waals surface area (Å²) in [5, 5.41) is 11.4. The molecule has 0 aliphatic carbocycles. The Morgan fingerprint density at radius 3 is 2.65 bits per heavy atom. The highest BCUT2D eigenvalue weighted by atomic mass is 16.4. The van der Waals surface area contributed by atoms with Crippen molar-refractivity contribution in [3.63, 3.8) is 0 Å². The first-order chi connectivity index (χ1) is 9.56. The Morgan fingerprint density at radius 2 is 2.05 bits per heavy atom. The summed E-state index contributed by atoms with van der Waals surface area (Å²) in [5.41, 5.74) is 1.84. The SMILES string of the molecule is Cc1cccc(CNC(=O)c2ccc(C(=O)O)cn2)n1. The fourth-order valence-corrected chi connectivity index (χ4v) is 1.61. The first kappa shape index (κ1) is 13.7. The number of aromatic nitrogens is 2. The van der Waals surface area contributed by atoms with Crippen molar-refractivity contribution in [1.82, 2.24) is 15.3 Å². The normalized spacial score (nSPS) is 10.1. The van der Waals surface area contributed by atoms with Crippen LogP contribution in [0.25, 0.3) is 0 Å². The summed E-state index contributed by atoms with van der Waals surface area (Å²) in [6.45, 7) is 2.17. The number of nitrogens with zero attached hydrogens (tertiary/aromatic N) is 2. The lowest BCUT2D eigenvalue weighted by atomic mass is 10.2. The molecule has 2 N–H and O–H groups in total. The van der Waals surface area contributed by atoms with Gasteiger partial charge in [-0.3, -0.25) is 14.8 Å². The van der Waals surface area contributed by atoms with Gasteiger partial charge in [-0.15, -0.1) is 0 Å². The molecule has 0 atom stereocenters. The summed E-state index contributed by atoms with van der Waals surface area (Å²) in [6.07, 6.45) is 1.15. The molecule has 102 valence electrons. The van der Waals surface area contributed by atoms with Crippen molar-refractivity contribution in [2.45, 2.75) is 13.5 Å². The van der Waals surface area contributed by atoms with E-state index < -0.39 is 5.97 Å². The molecule has 0 aliphatic rings. The zero-order valence-electron chi connectivity index (χ0n) is 10.8. The Hall–Kier alpha value is -2.76. The number of rotatable bonds is 4. The van der Waals surface area contributed by atoms with Gasteiger partial charge in [-0.1, -0.05) is 6.07 Å². The van der Waals surface area contributed by atoms with Crippen LogP contribution in [0.3, 0.4) is 0 Å². The lowest BCUT2D eigenvalue weighted by molar-refractivity contribution is 0.0695. The molecule has 0 saturated heterocycles. The number of hydrogen-bond donors (Lipinski definition) is 2. The van der Waals surface area contributed by atoms with Crippen LogP contribution in [-0.4, -0.2) is 27.0 Å². The second kappa shape index (κ2) is 5.92. The molecule has 0 fully saturated rings. The number of amides is 1. The van der Waals surface area contributed by atoms with E-state index in [1.54, 1.807) is 0 Å². The lowest BCUT2D eigenvalue weighted by Crippen LogP contribution is -2.24. The maximum atomic E-state index is 11.8. The van der Waals surface area contributed by atoms with E-state index >= 15 is 0 Å². The maximum absolute atomic E-state index is 11.8. The highest BCUT2D eigenvalue weighted by Gasteiger charge is 2.09. The van der Waals surface area contributed by atoms with Gasteiger partial charge in [0.1, 0.15) is 5.69 Å². The van der Waals surface area contributed by atoms with Crippen LogP contribution < -0.4 is 5.32 Å². The van der Waals surface area contributed by atoms with Crippen molar-refractivity contribution in [2.24, 2.45) is 0 Å². The summed E-state index contributed by atoms with van der Waals surface area (Å²) in [7, 11) is 0. The van der Waals surface area contributed by atoms with Crippen LogP contribution in [0, 0.1) is 6.92 Å². The van der Waals surface area contributed by atoms with Crippen LogP contribution in [0.5, 0.6) is 0 Å². The number of aromatic carboxylic acids is 1. The minimum Gasteiger partial charge on any atom is -0.478 e. The zero-order chi connectivity index (χ0) is 14.5. The van der Waals surface area contributed by atoms with Crippen LogP contribution in [0.1, 0.15) is 32.2 Å². The van der Waals surface area contributed by atoms with Crippen molar-refractivity contribution in [3.8, 4) is 0 Å². The van der Waals surface area contributed by atoms with Gasteiger partial charge in [0.25, 0.3) is 5.91 Å². The van der Waals surface area contributed by atoms with Gasteiger partial charge >= 0.3 is 5.97 Å². The molecule has 0 spiro atoms. The predicted octanol–water partition coefficient (Wildman–Crippen LogP) is 1.41. The molecular weight excluding hydrogens is 258 g/mol. The van der Waals surface area contributed by atoms with Gasteiger partial charge < -0.3 is 10.4 Å². The van der Waals surface area contributed by atoms with Crippen LogP contribution in [-0.2, 0) is 6.54 Å². The molecule has 2 heterocycles. The number of carboxylic acids is 1. The van der Waals surface area contributed by atoms with Crippen molar-refractivity contribution >= 4 is 11.9 Å². The molecule has 1 amide bonds. The number of nitrogens with one attached hydrogen (secondary N) is 1. The Kier molecular flexibility index (Phi) is 4.05. The molecule has 0 bridgehead atoms. The standard InChI is InChI=1S/C14H13N3O3/c1-9-3-2-4-11(17-9)8-16-13(18)12-6-5-10(7-15-12)14(19)20/h2-7H,8H2,1H3,(H,16,18)(H,19,20). The first-order valence-corrected chi connectivity index (χ1v) is 5.96. The summed E-state index contributed by atoms with van der Waals surface area (Å²) in [4.78, 5) is 30.6. The predicted molar refractivity (Wildman–Crippen MR) is 71.3 cm³/mol. The third kappa shape index (κ3) is 3.38. The smallest absolute Gasteiger partial charge is 0.337 e. The largest absolute Gasteiger partial charge is 0.478 e. The second-order valence-electron chi connectivity index (χ2n) is 4.19. The molecule has 0 saturated carbocycles. The Bertz CT molecular complexity index is 638. The van der Waals surface area contributed by atoms with Crippen LogP contribution in [0.2, 0.25) is 0 Å². The summed E-state index contributed by atoms with van der Waals surface area (Å²) in [5.74, 6) is -1.45. The average Bonchev–Trinajstić information content (AvgIpc) is 2.45. The number of aryl methyl sites for hydroxylation is 1. The molecule has 0 aliphatic heterocycles. The van der Waals surface area contributed by atoms with Crippen molar-refractivity contribution in [2.75, 3.05) is 0 Å². The second-order valence-corrected chi connectivity index (χ2v) is 4.19. The fourth-order valence-electron chi connectivity index (χ4n) is 1.61. The van der Waals surface area contributed by atoms with E-state index in [1.807, 2.05) is 25.1 Å². The van der Waals surface area contributed by atoms with Gasteiger partial charge in [-0.05, 0) is 31.2 Å². The summed E-state index contributed by atoms with van der Waals surface area (Å²) >= 11 is 0. The monoisotopic (exact) mass is 271 g/mol. The van der Waals surface area contributed by atoms with E-state index in [1.165, 1.54) is 12.1 Å². The zero-order valence-corrected chi connectivity index (χ0v) is 10.8. The van der Waals surface area contributed by atoms with E-state index in [2.05, 4.69) is 15.3 Å². The van der Waals surface area contributed by atoms with Gasteiger partial charge in [0.05, 0.1) is 17.8 Å². The Morgan fingerprint density at radius 1 is 1.25 bits per heavy atom. The van der Waals surface area contributed by atoms with Gasteiger partial charge in [0, 0.05) is 11.9 Å². The molecule has 2 aromatic rings. The molecule has 2 aromatic heterocycles. The minimum absolute atomic E-state index is 0.0434. The van der Waals surface area contributed by atoms with Crippen molar-refractivity contribution in [1.29, 1.82) is 0 Å². The molecule has 0 unspecified atom stereocenters. The lowest BCUT2D eigenvalue weighted by Gasteiger charge is -2.05. The molecular formula is C14H13N3O3. The van der Waals surface area contributed by atoms with E-state index in [0.29, 0.717) is 6.54 Å². The van der Waals surface area contributed by atoms with Gasteiger partial charge in [-0.2, -0.15) is 0 Å². The number of carboxylic acid groups (broad SMARTS) is 1. The first-order valence-electron chi connectivity index (χ1n) is 5.96. The Balaban J connectivity index is 1.99. The van der Waals surface area contributed by atoms with Crippen LogP contribution in [0.15, 0.2) is 36.5 Å². The Labute approximate surface area is 115 Å². The summed E-state index contributed by atoms with van der Waals surface area (Å²) in [6, 6.07) is 8.27. The van der Waals surface area contributed by atoms with E-state index in [0.717, 1.165) is 17.6 Å². The number of pyridine rings is 2. The minimum atomic E-state index is -1.08. The highest BCUT2D eigenvalue weighted by Crippen LogP contribution is 2.02. The quantitative estimate of drug-likeness (QED) is 0.877. The van der Waals surface area contributed by atoms with Crippen LogP contribution in [0.4, 0.5) is 0 Å². The molecule has 2 rings (SSSR count). The number of hydrogen-bond acceptors (Lipinski definition) is 4. The fraction of sp³-hybridized carbons (Fsp3) is 0.143. The average molecular weight is 271 g/mol. The molecule has 6 nitrogen and oxygen atoms in total. The maximum Gasteiger partial charge on any atom is 0.337 e. The van der Waals surface area contributed by atoms with Gasteiger partial charge in [0.15, 0.2) is 0 Å². The van der Waals surface area contributed by atoms with Crippen molar-refractivity contribution < 1.29 is 14.7 Å². The molecule has 6 heteroatoms. The molecule has 0 aromatic carbocycles. The number of carbonyl (C=O) groups is 2. The van der Waals surface area contributed by atoms with Gasteiger partial charge in [0.2, 0.25) is 0 Å². The van der Waals surface area contributed by atoms with E-state index in [-0.39, 0.29) is 17.2 Å². The van der Waals surface area contributed by atoms with Gasteiger partial charge in [-0.25, -0.2) is 4.79 Å². The molecule has 0 radical (unpaired) electrons. The third-order valence-electron chi connectivity index (χ3n) is 2.62. The topological polar surface area (TPSA) is 92.2 Å². The van der Waals surface area contributed by atoms with Crippen molar-refractivity contribution in [3.05, 3.63) is 59.2 Å². The van der Waals surface area contributed by atoms with Crippen LogP contribution >= 0.6 is 0 Å². The van der Waals surface area contributed by atoms with E-state index in [9.17, 15) is 9.59 Å². The third-order valence-corrected chi connectivity index (χ3v) is 2.62.